The molecule has 0 radical (unpaired) electrons. The van der Waals surface area contributed by atoms with Crippen LogP contribution in [0.25, 0.3) is 0 Å². The van der Waals surface area contributed by atoms with Crippen LogP contribution in [0.1, 0.15) is 19.8 Å². The van der Waals surface area contributed by atoms with Crippen LogP contribution < -0.4 is 10.6 Å². The summed E-state index contributed by atoms with van der Waals surface area (Å²) in [6.07, 6.45) is 4.43. The van der Waals surface area contributed by atoms with E-state index in [0.717, 1.165) is 5.69 Å². The number of carbonyl (C=O) groups is 1. The maximum atomic E-state index is 13.0. The van der Waals surface area contributed by atoms with Crippen molar-refractivity contribution < 1.29 is 9.53 Å². The van der Waals surface area contributed by atoms with E-state index in [1.54, 1.807) is 17.3 Å². The van der Waals surface area contributed by atoms with Gasteiger partial charge in [-0.05, 0) is 31.9 Å². The third kappa shape index (κ3) is 2.66. The molecule has 5 nitrogen and oxygen atoms in total. The second-order valence-corrected chi connectivity index (χ2v) is 5.25. The Balaban J connectivity index is 2.33. The molecule has 0 atom stereocenters. The van der Waals surface area contributed by atoms with E-state index >= 15 is 0 Å². The van der Waals surface area contributed by atoms with Crippen LogP contribution in [0.5, 0.6) is 0 Å². The normalized spacial score (nSPS) is 17.4. The highest BCUT2D eigenvalue weighted by Gasteiger charge is 2.45. The molecule has 20 heavy (non-hydrogen) atoms. The Kier molecular flexibility index (Phi) is 4.67. The highest BCUT2D eigenvalue weighted by molar-refractivity contribution is 7.80. The molecular formula is C14H19N3O2S. The Morgan fingerprint density at radius 2 is 2.05 bits per heavy atom. The number of pyridine rings is 1. The zero-order valence-electron chi connectivity index (χ0n) is 11.5. The molecule has 0 bridgehead atoms. The van der Waals surface area contributed by atoms with Gasteiger partial charge in [0.1, 0.15) is 5.41 Å². The SMILES string of the molecule is CCN(C(=O)C1(C(N)=S)CCOCC1)c1ccncc1. The number of carbonyl (C=O) groups excluding carboxylic acids is 1. The minimum Gasteiger partial charge on any atom is -0.392 e. The van der Waals surface area contributed by atoms with Gasteiger partial charge in [-0.15, -0.1) is 0 Å². The average Bonchev–Trinajstić information content (AvgIpc) is 2.49. The molecule has 0 aliphatic carbocycles. The summed E-state index contributed by atoms with van der Waals surface area (Å²) in [6, 6.07) is 3.63. The number of ether oxygens (including phenoxy) is 1. The Morgan fingerprint density at radius 3 is 2.55 bits per heavy atom. The monoisotopic (exact) mass is 293 g/mol. The Morgan fingerprint density at radius 1 is 1.45 bits per heavy atom. The van der Waals surface area contributed by atoms with Gasteiger partial charge in [0.15, 0.2) is 0 Å². The number of nitrogens with two attached hydrogens (primary N) is 1. The Hall–Kier alpha value is -1.53. The third-order valence-electron chi connectivity index (χ3n) is 3.76. The second kappa shape index (κ2) is 6.28. The minimum atomic E-state index is -0.785. The fraction of sp³-hybridized carbons (Fsp3) is 0.500. The summed E-state index contributed by atoms with van der Waals surface area (Å²) in [6.45, 7) is 3.52. The molecule has 1 aromatic heterocycles. The molecule has 1 amide bonds. The topological polar surface area (TPSA) is 68.5 Å². The van der Waals surface area contributed by atoms with Gasteiger partial charge in [-0.2, -0.15) is 0 Å². The van der Waals surface area contributed by atoms with Gasteiger partial charge < -0.3 is 15.4 Å². The van der Waals surface area contributed by atoms with Crippen molar-refractivity contribution in [3.05, 3.63) is 24.5 Å². The molecule has 108 valence electrons. The smallest absolute Gasteiger partial charge is 0.240 e. The predicted molar refractivity (Wildman–Crippen MR) is 81.5 cm³/mol. The molecule has 0 spiro atoms. The first-order valence-electron chi connectivity index (χ1n) is 6.71. The predicted octanol–water partition coefficient (Wildman–Crippen LogP) is 1.52. The summed E-state index contributed by atoms with van der Waals surface area (Å²) < 4.78 is 5.35. The molecule has 0 saturated carbocycles. The molecule has 2 N–H and O–H groups in total. The van der Waals surface area contributed by atoms with E-state index in [1.807, 2.05) is 19.1 Å². The molecule has 2 rings (SSSR count). The second-order valence-electron chi connectivity index (χ2n) is 4.81. The first-order chi connectivity index (χ1) is 9.62. The summed E-state index contributed by atoms with van der Waals surface area (Å²) in [7, 11) is 0. The van der Waals surface area contributed by atoms with E-state index in [2.05, 4.69) is 4.98 Å². The van der Waals surface area contributed by atoms with Crippen molar-refractivity contribution in [2.75, 3.05) is 24.7 Å². The summed E-state index contributed by atoms with van der Waals surface area (Å²) in [4.78, 5) is 18.9. The van der Waals surface area contributed by atoms with Gasteiger partial charge in [0.25, 0.3) is 0 Å². The zero-order valence-corrected chi connectivity index (χ0v) is 12.4. The largest absolute Gasteiger partial charge is 0.392 e. The number of anilines is 1. The van der Waals surface area contributed by atoms with Gasteiger partial charge in [-0.1, -0.05) is 12.2 Å². The van der Waals surface area contributed by atoms with Crippen molar-refractivity contribution in [3.8, 4) is 0 Å². The summed E-state index contributed by atoms with van der Waals surface area (Å²) in [5.74, 6) is -0.0398. The maximum Gasteiger partial charge on any atom is 0.240 e. The van der Waals surface area contributed by atoms with E-state index in [-0.39, 0.29) is 10.9 Å². The van der Waals surface area contributed by atoms with Gasteiger partial charge in [0.05, 0.1) is 4.99 Å². The van der Waals surface area contributed by atoms with Crippen LogP contribution in [0.2, 0.25) is 0 Å². The van der Waals surface area contributed by atoms with Crippen molar-refractivity contribution >= 4 is 28.8 Å². The Labute approximate surface area is 124 Å². The fourth-order valence-corrected chi connectivity index (χ4v) is 2.80. The maximum absolute atomic E-state index is 13.0. The van der Waals surface area contributed by atoms with E-state index in [1.165, 1.54) is 0 Å². The van der Waals surface area contributed by atoms with Crippen molar-refractivity contribution in [3.63, 3.8) is 0 Å². The van der Waals surface area contributed by atoms with E-state index < -0.39 is 5.41 Å². The first kappa shape index (κ1) is 14.9. The molecule has 1 fully saturated rings. The molecule has 2 heterocycles. The van der Waals surface area contributed by atoms with E-state index in [9.17, 15) is 4.79 Å². The van der Waals surface area contributed by atoms with Crippen LogP contribution in [0.4, 0.5) is 5.69 Å². The highest BCUT2D eigenvalue weighted by atomic mass is 32.1. The molecule has 1 aliphatic rings. The van der Waals surface area contributed by atoms with Gasteiger partial charge in [-0.3, -0.25) is 9.78 Å². The fourth-order valence-electron chi connectivity index (χ4n) is 2.51. The van der Waals surface area contributed by atoms with Crippen LogP contribution >= 0.6 is 12.2 Å². The number of hydrogen-bond acceptors (Lipinski definition) is 4. The minimum absolute atomic E-state index is 0.0398. The van der Waals surface area contributed by atoms with Gasteiger partial charge in [-0.25, -0.2) is 0 Å². The average molecular weight is 293 g/mol. The quantitative estimate of drug-likeness (QED) is 0.852. The van der Waals surface area contributed by atoms with Crippen LogP contribution in [0, 0.1) is 5.41 Å². The van der Waals surface area contributed by atoms with Crippen molar-refractivity contribution in [1.29, 1.82) is 0 Å². The third-order valence-corrected chi connectivity index (χ3v) is 4.15. The van der Waals surface area contributed by atoms with Gasteiger partial charge in [0.2, 0.25) is 5.91 Å². The molecule has 0 unspecified atom stereocenters. The number of aromatic nitrogens is 1. The van der Waals surface area contributed by atoms with Crippen LogP contribution in [0.3, 0.4) is 0 Å². The van der Waals surface area contributed by atoms with E-state index in [4.69, 9.17) is 22.7 Å². The lowest BCUT2D eigenvalue weighted by Gasteiger charge is -2.38. The molecular weight excluding hydrogens is 274 g/mol. The summed E-state index contributed by atoms with van der Waals surface area (Å²) in [5, 5.41) is 0. The molecule has 6 heteroatoms. The number of nitrogens with zero attached hydrogens (tertiary/aromatic N) is 2. The van der Waals surface area contributed by atoms with Crippen molar-refractivity contribution in [2.24, 2.45) is 11.1 Å². The first-order valence-corrected chi connectivity index (χ1v) is 7.12. The molecule has 1 saturated heterocycles. The zero-order chi connectivity index (χ0) is 14.6. The molecule has 1 aliphatic heterocycles. The number of amides is 1. The highest BCUT2D eigenvalue weighted by Crippen LogP contribution is 2.34. The summed E-state index contributed by atoms with van der Waals surface area (Å²) in [5.41, 5.74) is 5.92. The van der Waals surface area contributed by atoms with Crippen molar-refractivity contribution in [1.82, 2.24) is 4.98 Å². The van der Waals surface area contributed by atoms with Gasteiger partial charge >= 0.3 is 0 Å². The van der Waals surface area contributed by atoms with Gasteiger partial charge in [0, 0.05) is 37.8 Å². The summed E-state index contributed by atoms with van der Waals surface area (Å²) >= 11 is 5.18. The standard InChI is InChI=1S/C14H19N3O2S/c1-2-17(11-3-7-16-8-4-11)13(18)14(12(15)20)5-9-19-10-6-14/h3-4,7-8H,2,5-6,9-10H2,1H3,(H2,15,20). The lowest BCUT2D eigenvalue weighted by atomic mass is 9.78. The molecule has 1 aromatic rings. The number of rotatable bonds is 4. The Bertz CT molecular complexity index is 486. The van der Waals surface area contributed by atoms with Crippen LogP contribution in [-0.2, 0) is 9.53 Å². The van der Waals surface area contributed by atoms with Crippen molar-refractivity contribution in [2.45, 2.75) is 19.8 Å². The molecule has 0 aromatic carbocycles. The number of thiocarbonyl (C=S) groups is 1. The lowest BCUT2D eigenvalue weighted by molar-refractivity contribution is -0.128. The van der Waals surface area contributed by atoms with Crippen LogP contribution in [-0.4, -0.2) is 35.6 Å². The van der Waals surface area contributed by atoms with E-state index in [0.29, 0.717) is 32.6 Å². The van der Waals surface area contributed by atoms with Crippen LogP contribution in [0.15, 0.2) is 24.5 Å². The lowest BCUT2D eigenvalue weighted by Crippen LogP contribution is -2.53. The number of hydrogen-bond donors (Lipinski definition) is 1.